The molecule has 2 nitrogen and oxygen atoms in total. The lowest BCUT2D eigenvalue weighted by molar-refractivity contribution is -0.0407. The minimum Gasteiger partial charge on any atom is -0.468 e. The van der Waals surface area contributed by atoms with E-state index in [2.05, 4.69) is 60.4 Å². The average Bonchev–Trinajstić information content (AvgIpc) is 2.89. The summed E-state index contributed by atoms with van der Waals surface area (Å²) in [6.45, 7) is 0.283. The zero-order chi connectivity index (χ0) is 22.3. The van der Waals surface area contributed by atoms with E-state index in [0.29, 0.717) is 0 Å². The molecule has 1 saturated carbocycles. The largest absolute Gasteiger partial charge is 0.468 e. The zero-order valence-corrected chi connectivity index (χ0v) is 19.3. The van der Waals surface area contributed by atoms with Gasteiger partial charge in [0.1, 0.15) is 5.75 Å². The van der Waals surface area contributed by atoms with Gasteiger partial charge in [0.2, 0.25) is 0 Å². The molecule has 1 fully saturated rings. The summed E-state index contributed by atoms with van der Waals surface area (Å²) in [5.74, 6) is 8.11. The van der Waals surface area contributed by atoms with Crippen LogP contribution in [0.15, 0.2) is 72.8 Å². The van der Waals surface area contributed by atoms with Gasteiger partial charge >= 0.3 is 0 Å². The summed E-state index contributed by atoms with van der Waals surface area (Å²) in [6.07, 6.45) is 10.1. The van der Waals surface area contributed by atoms with Crippen LogP contribution in [-0.4, -0.2) is 12.9 Å². The predicted octanol–water partition coefficient (Wildman–Crippen LogP) is 7.04. The number of benzene rings is 3. The van der Waals surface area contributed by atoms with E-state index in [0.717, 1.165) is 42.1 Å². The summed E-state index contributed by atoms with van der Waals surface area (Å²) in [7, 11) is 0. The summed E-state index contributed by atoms with van der Waals surface area (Å²) >= 11 is 0. The molecule has 2 aliphatic carbocycles. The fourth-order valence-electron chi connectivity index (χ4n) is 5.06. The Balaban J connectivity index is 1.10. The molecule has 0 bridgehead atoms. The first-order chi connectivity index (χ1) is 16.3. The molecule has 3 aromatic carbocycles. The molecular formula is C31H32O2. The van der Waals surface area contributed by atoms with E-state index >= 15 is 0 Å². The quantitative estimate of drug-likeness (QED) is 0.315. The molecule has 0 spiro atoms. The Morgan fingerprint density at radius 1 is 0.697 bits per heavy atom. The standard InChI is InChI=1S/C31H32O2/c1-2-6-26(7-3-1)28-16-12-24(13-17-28)10-11-25-14-19-30(20-15-25)32-23-33-31-21-18-27-8-4-5-9-29(27)22-31/h4-5,8-9,12-17,19-20,26,31H,1-3,6-7,18,21-23H2. The van der Waals surface area contributed by atoms with E-state index in [1.807, 2.05) is 24.3 Å². The van der Waals surface area contributed by atoms with E-state index < -0.39 is 0 Å². The van der Waals surface area contributed by atoms with Crippen LogP contribution >= 0.6 is 0 Å². The van der Waals surface area contributed by atoms with Crippen molar-refractivity contribution in [3.8, 4) is 17.6 Å². The Morgan fingerprint density at radius 3 is 2.09 bits per heavy atom. The molecule has 1 unspecified atom stereocenters. The van der Waals surface area contributed by atoms with Crippen molar-refractivity contribution in [1.82, 2.24) is 0 Å². The van der Waals surface area contributed by atoms with E-state index in [1.165, 1.54) is 48.8 Å². The Morgan fingerprint density at radius 2 is 1.36 bits per heavy atom. The number of aryl methyl sites for hydroxylation is 1. The second kappa shape index (κ2) is 10.7. The van der Waals surface area contributed by atoms with Crippen molar-refractivity contribution in [2.24, 2.45) is 0 Å². The van der Waals surface area contributed by atoms with Crippen molar-refractivity contribution in [3.63, 3.8) is 0 Å². The number of fused-ring (bicyclic) bond motifs is 1. The normalized spacial score (nSPS) is 18.1. The summed E-state index contributed by atoms with van der Waals surface area (Å²) in [4.78, 5) is 0. The molecule has 2 aliphatic rings. The molecule has 2 heteroatoms. The monoisotopic (exact) mass is 436 g/mol. The molecule has 5 rings (SSSR count). The SMILES string of the molecule is C(#Cc1ccc(C2CCCCC2)cc1)c1ccc(OCOC2CCc3ccccc3C2)cc1. The Hall–Kier alpha value is -3.02. The lowest BCUT2D eigenvalue weighted by atomic mass is 9.84. The molecule has 0 aromatic heterocycles. The number of ether oxygens (including phenoxy) is 2. The number of hydrogen-bond donors (Lipinski definition) is 0. The Labute approximate surface area is 198 Å². The van der Waals surface area contributed by atoms with Gasteiger partial charge in [-0.15, -0.1) is 0 Å². The van der Waals surface area contributed by atoms with Crippen LogP contribution in [0.3, 0.4) is 0 Å². The van der Waals surface area contributed by atoms with Gasteiger partial charge < -0.3 is 9.47 Å². The molecule has 0 amide bonds. The average molecular weight is 437 g/mol. The van der Waals surface area contributed by atoms with Crippen molar-refractivity contribution < 1.29 is 9.47 Å². The first-order valence-corrected chi connectivity index (χ1v) is 12.4. The summed E-state index contributed by atoms with van der Waals surface area (Å²) in [5, 5.41) is 0. The van der Waals surface area contributed by atoms with Crippen LogP contribution in [0.2, 0.25) is 0 Å². The molecule has 0 radical (unpaired) electrons. The molecular weight excluding hydrogens is 404 g/mol. The first kappa shape index (κ1) is 21.8. The smallest absolute Gasteiger partial charge is 0.189 e. The highest BCUT2D eigenvalue weighted by Crippen LogP contribution is 2.32. The van der Waals surface area contributed by atoms with E-state index in [4.69, 9.17) is 9.47 Å². The van der Waals surface area contributed by atoms with E-state index in [-0.39, 0.29) is 12.9 Å². The highest BCUT2D eigenvalue weighted by atomic mass is 16.7. The van der Waals surface area contributed by atoms with E-state index in [1.54, 1.807) is 0 Å². The van der Waals surface area contributed by atoms with Crippen LogP contribution in [0.25, 0.3) is 0 Å². The molecule has 168 valence electrons. The van der Waals surface area contributed by atoms with Crippen LogP contribution in [0.4, 0.5) is 0 Å². The molecule has 33 heavy (non-hydrogen) atoms. The highest BCUT2D eigenvalue weighted by Gasteiger charge is 2.18. The van der Waals surface area contributed by atoms with Crippen LogP contribution in [0.1, 0.15) is 72.3 Å². The van der Waals surface area contributed by atoms with Gasteiger partial charge in [0.25, 0.3) is 0 Å². The zero-order valence-electron chi connectivity index (χ0n) is 19.3. The van der Waals surface area contributed by atoms with Gasteiger partial charge in [-0.05, 0) is 91.1 Å². The lowest BCUT2D eigenvalue weighted by Crippen LogP contribution is -2.24. The minimum absolute atomic E-state index is 0.231. The predicted molar refractivity (Wildman–Crippen MR) is 134 cm³/mol. The molecule has 0 heterocycles. The van der Waals surface area contributed by atoms with Gasteiger partial charge in [0.05, 0.1) is 6.10 Å². The van der Waals surface area contributed by atoms with Gasteiger partial charge in [-0.25, -0.2) is 0 Å². The Kier molecular flexibility index (Phi) is 7.09. The van der Waals surface area contributed by atoms with Crippen LogP contribution in [0.5, 0.6) is 5.75 Å². The molecule has 0 aliphatic heterocycles. The Bertz CT molecular complexity index is 1100. The highest BCUT2D eigenvalue weighted by molar-refractivity contribution is 5.45. The lowest BCUT2D eigenvalue weighted by Gasteiger charge is -2.24. The topological polar surface area (TPSA) is 18.5 Å². The van der Waals surface area contributed by atoms with Crippen molar-refractivity contribution in [2.75, 3.05) is 6.79 Å². The maximum absolute atomic E-state index is 5.98. The summed E-state index contributed by atoms with van der Waals surface area (Å²) < 4.78 is 11.8. The van der Waals surface area contributed by atoms with E-state index in [9.17, 15) is 0 Å². The van der Waals surface area contributed by atoms with Crippen molar-refractivity contribution in [1.29, 1.82) is 0 Å². The first-order valence-electron chi connectivity index (χ1n) is 12.4. The fourth-order valence-corrected chi connectivity index (χ4v) is 5.06. The second-order valence-corrected chi connectivity index (χ2v) is 9.29. The van der Waals surface area contributed by atoms with Crippen molar-refractivity contribution in [2.45, 2.75) is 63.4 Å². The minimum atomic E-state index is 0.231. The third kappa shape index (κ3) is 5.86. The molecule has 1 atom stereocenters. The molecule has 3 aromatic rings. The molecule has 0 saturated heterocycles. The second-order valence-electron chi connectivity index (χ2n) is 9.29. The van der Waals surface area contributed by atoms with Crippen LogP contribution in [0, 0.1) is 11.8 Å². The molecule has 0 N–H and O–H groups in total. The third-order valence-corrected chi connectivity index (χ3v) is 7.02. The summed E-state index contributed by atoms with van der Waals surface area (Å²) in [5.41, 5.74) is 6.39. The van der Waals surface area contributed by atoms with Crippen molar-refractivity contribution >= 4 is 0 Å². The number of rotatable bonds is 5. The maximum Gasteiger partial charge on any atom is 0.189 e. The van der Waals surface area contributed by atoms with Gasteiger partial charge in [0.15, 0.2) is 6.79 Å². The van der Waals surface area contributed by atoms with Gasteiger partial charge in [-0.2, -0.15) is 0 Å². The van der Waals surface area contributed by atoms with Crippen LogP contribution < -0.4 is 4.74 Å². The third-order valence-electron chi connectivity index (χ3n) is 7.02. The van der Waals surface area contributed by atoms with Gasteiger partial charge in [0, 0.05) is 11.1 Å². The van der Waals surface area contributed by atoms with Gasteiger partial charge in [-0.3, -0.25) is 0 Å². The fraction of sp³-hybridized carbons (Fsp3) is 0.355. The van der Waals surface area contributed by atoms with Crippen LogP contribution in [-0.2, 0) is 17.6 Å². The van der Waals surface area contributed by atoms with Crippen molar-refractivity contribution in [3.05, 3.63) is 101 Å². The van der Waals surface area contributed by atoms with Gasteiger partial charge in [-0.1, -0.05) is 67.5 Å². The summed E-state index contributed by atoms with van der Waals surface area (Å²) in [6, 6.07) is 25.5. The maximum atomic E-state index is 5.98. The number of hydrogen-bond acceptors (Lipinski definition) is 2.